The number of hydrogen-bond donors (Lipinski definition) is 0. The Hall–Kier alpha value is -1.52. The van der Waals surface area contributed by atoms with Crippen molar-refractivity contribution in [3.8, 4) is 17.2 Å². The van der Waals surface area contributed by atoms with Gasteiger partial charge >= 0.3 is 0 Å². The van der Waals surface area contributed by atoms with Gasteiger partial charge in [-0.05, 0) is 57.0 Å². The molecule has 3 rings (SSSR count). The molecular weight excluding hydrogens is 312 g/mol. The normalized spacial score (nSPS) is 18.4. The first kappa shape index (κ1) is 16.3. The molecule has 0 aliphatic carbocycles. The number of alkyl halides is 1. The minimum Gasteiger partial charge on any atom is -0.494 e. The van der Waals surface area contributed by atoms with Crippen LogP contribution in [0.3, 0.4) is 0 Å². The molecular formula is C18H23ClN2O2. The maximum absolute atomic E-state index is 5.64. The molecule has 1 aliphatic rings. The van der Waals surface area contributed by atoms with Crippen molar-refractivity contribution in [2.45, 2.75) is 38.8 Å². The average molecular weight is 335 g/mol. The lowest BCUT2D eigenvalue weighted by atomic mass is 10.2. The summed E-state index contributed by atoms with van der Waals surface area (Å²) in [5.41, 5.74) is 1.96. The van der Waals surface area contributed by atoms with Crippen LogP contribution in [0.15, 0.2) is 34.9 Å². The van der Waals surface area contributed by atoms with Gasteiger partial charge in [-0.3, -0.25) is 4.90 Å². The lowest BCUT2D eigenvalue weighted by Crippen LogP contribution is -2.26. The third kappa shape index (κ3) is 4.27. The number of benzene rings is 1. The molecule has 1 unspecified atom stereocenters. The third-order valence-electron chi connectivity index (χ3n) is 4.26. The SMILES string of the molecule is CC1CCCN1Cc1coc(-c2ccc(OCCCCl)cc2)n1. The van der Waals surface area contributed by atoms with E-state index in [1.807, 2.05) is 24.3 Å². The zero-order valence-corrected chi connectivity index (χ0v) is 14.3. The van der Waals surface area contributed by atoms with Crippen molar-refractivity contribution in [3.05, 3.63) is 36.2 Å². The predicted octanol–water partition coefficient (Wildman–Crippen LogP) is 4.33. The quantitative estimate of drug-likeness (QED) is 0.558. The molecule has 1 aromatic carbocycles. The van der Waals surface area contributed by atoms with Crippen molar-refractivity contribution in [2.75, 3.05) is 19.0 Å². The molecule has 1 aliphatic heterocycles. The fourth-order valence-electron chi connectivity index (χ4n) is 2.89. The van der Waals surface area contributed by atoms with Crippen LogP contribution in [-0.2, 0) is 6.54 Å². The maximum atomic E-state index is 5.64. The summed E-state index contributed by atoms with van der Waals surface area (Å²) in [6.45, 7) is 4.93. The molecule has 0 radical (unpaired) electrons. The summed E-state index contributed by atoms with van der Waals surface area (Å²) in [6, 6.07) is 8.47. The van der Waals surface area contributed by atoms with Crippen LogP contribution in [0, 0.1) is 0 Å². The zero-order chi connectivity index (χ0) is 16.1. The Labute approximate surface area is 142 Å². The number of hydrogen-bond acceptors (Lipinski definition) is 4. The van der Waals surface area contributed by atoms with Crippen LogP contribution < -0.4 is 4.74 Å². The molecule has 0 saturated carbocycles. The highest BCUT2D eigenvalue weighted by atomic mass is 35.5. The van der Waals surface area contributed by atoms with E-state index in [9.17, 15) is 0 Å². The highest BCUT2D eigenvalue weighted by Gasteiger charge is 2.21. The summed E-state index contributed by atoms with van der Waals surface area (Å²) in [6.07, 6.45) is 5.17. The Bertz CT molecular complexity index is 612. The van der Waals surface area contributed by atoms with Crippen molar-refractivity contribution in [1.29, 1.82) is 0 Å². The molecule has 0 N–H and O–H groups in total. The lowest BCUT2D eigenvalue weighted by Gasteiger charge is -2.18. The molecule has 0 bridgehead atoms. The van der Waals surface area contributed by atoms with Crippen LogP contribution in [0.5, 0.6) is 5.75 Å². The Morgan fingerprint density at radius 3 is 2.87 bits per heavy atom. The Morgan fingerprint density at radius 2 is 2.17 bits per heavy atom. The van der Waals surface area contributed by atoms with Crippen LogP contribution in [-0.4, -0.2) is 35.0 Å². The number of halogens is 1. The molecule has 1 saturated heterocycles. The molecule has 4 nitrogen and oxygen atoms in total. The minimum absolute atomic E-state index is 0.618. The molecule has 1 atom stereocenters. The highest BCUT2D eigenvalue weighted by molar-refractivity contribution is 6.17. The van der Waals surface area contributed by atoms with Gasteiger partial charge in [0.2, 0.25) is 5.89 Å². The summed E-state index contributed by atoms with van der Waals surface area (Å²) in [4.78, 5) is 7.07. The summed E-state index contributed by atoms with van der Waals surface area (Å²) in [5.74, 6) is 2.13. The number of nitrogens with zero attached hydrogens (tertiary/aromatic N) is 2. The van der Waals surface area contributed by atoms with E-state index in [2.05, 4.69) is 16.8 Å². The number of rotatable bonds is 7. The monoisotopic (exact) mass is 334 g/mol. The molecule has 0 amide bonds. The molecule has 1 fully saturated rings. The summed E-state index contributed by atoms with van der Waals surface area (Å²) in [7, 11) is 0. The Morgan fingerprint density at radius 1 is 1.35 bits per heavy atom. The lowest BCUT2D eigenvalue weighted by molar-refractivity contribution is 0.257. The van der Waals surface area contributed by atoms with Gasteiger partial charge in [-0.25, -0.2) is 4.98 Å². The van der Waals surface area contributed by atoms with E-state index in [-0.39, 0.29) is 0 Å². The standard InChI is InChI=1S/C18H23ClN2O2/c1-14-4-2-10-21(14)12-16-13-23-18(20-16)15-5-7-17(8-6-15)22-11-3-9-19/h5-8,13-14H,2-4,9-12H2,1H3. The molecule has 2 heterocycles. The second-order valence-corrected chi connectivity index (χ2v) is 6.40. The zero-order valence-electron chi connectivity index (χ0n) is 13.5. The van der Waals surface area contributed by atoms with Crippen LogP contribution in [0.4, 0.5) is 0 Å². The van der Waals surface area contributed by atoms with Gasteiger partial charge in [0.15, 0.2) is 0 Å². The molecule has 5 heteroatoms. The van der Waals surface area contributed by atoms with E-state index in [1.54, 1.807) is 6.26 Å². The minimum atomic E-state index is 0.618. The van der Waals surface area contributed by atoms with Crippen molar-refractivity contribution < 1.29 is 9.15 Å². The number of oxazole rings is 1. The topological polar surface area (TPSA) is 38.5 Å². The average Bonchev–Trinajstić information content (AvgIpc) is 3.19. The first-order chi connectivity index (χ1) is 11.3. The van der Waals surface area contributed by atoms with Gasteiger partial charge in [-0.2, -0.15) is 0 Å². The van der Waals surface area contributed by atoms with Crippen molar-refractivity contribution >= 4 is 11.6 Å². The summed E-state index contributed by atoms with van der Waals surface area (Å²) in [5, 5.41) is 0. The number of likely N-dealkylation sites (tertiary alicyclic amines) is 1. The van der Waals surface area contributed by atoms with Crippen LogP contribution >= 0.6 is 11.6 Å². The van der Waals surface area contributed by atoms with E-state index >= 15 is 0 Å². The van der Waals surface area contributed by atoms with E-state index in [4.69, 9.17) is 20.8 Å². The van der Waals surface area contributed by atoms with Gasteiger partial charge < -0.3 is 9.15 Å². The van der Waals surface area contributed by atoms with E-state index in [1.165, 1.54) is 12.8 Å². The largest absolute Gasteiger partial charge is 0.494 e. The van der Waals surface area contributed by atoms with E-state index < -0.39 is 0 Å². The summed E-state index contributed by atoms with van der Waals surface area (Å²) < 4.78 is 11.2. The summed E-state index contributed by atoms with van der Waals surface area (Å²) >= 11 is 5.64. The second kappa shape index (κ2) is 7.84. The second-order valence-electron chi connectivity index (χ2n) is 6.02. The van der Waals surface area contributed by atoms with Gasteiger partial charge in [-0.15, -0.1) is 11.6 Å². The first-order valence-electron chi connectivity index (χ1n) is 8.24. The number of aromatic nitrogens is 1. The van der Waals surface area contributed by atoms with Crippen molar-refractivity contribution in [1.82, 2.24) is 9.88 Å². The Kier molecular flexibility index (Phi) is 5.57. The van der Waals surface area contributed by atoms with Gasteiger partial charge in [-0.1, -0.05) is 0 Å². The predicted molar refractivity (Wildman–Crippen MR) is 91.9 cm³/mol. The van der Waals surface area contributed by atoms with Crippen LogP contribution in [0.25, 0.3) is 11.5 Å². The molecule has 23 heavy (non-hydrogen) atoms. The molecule has 1 aromatic heterocycles. The molecule has 0 spiro atoms. The van der Waals surface area contributed by atoms with Gasteiger partial charge in [0.05, 0.1) is 12.3 Å². The first-order valence-corrected chi connectivity index (χ1v) is 8.77. The Balaban J connectivity index is 1.61. The fourth-order valence-corrected chi connectivity index (χ4v) is 3.00. The van der Waals surface area contributed by atoms with Crippen molar-refractivity contribution in [2.24, 2.45) is 0 Å². The van der Waals surface area contributed by atoms with Crippen molar-refractivity contribution in [3.63, 3.8) is 0 Å². The highest BCUT2D eigenvalue weighted by Crippen LogP contribution is 2.24. The van der Waals surface area contributed by atoms with E-state index in [0.29, 0.717) is 24.4 Å². The van der Waals surface area contributed by atoms with Gasteiger partial charge in [0.25, 0.3) is 0 Å². The van der Waals surface area contributed by atoms with Crippen LogP contribution in [0.1, 0.15) is 31.9 Å². The fraction of sp³-hybridized carbons (Fsp3) is 0.500. The molecule has 2 aromatic rings. The maximum Gasteiger partial charge on any atom is 0.226 e. The van der Waals surface area contributed by atoms with Gasteiger partial charge in [0.1, 0.15) is 12.0 Å². The van der Waals surface area contributed by atoms with E-state index in [0.717, 1.165) is 36.5 Å². The smallest absolute Gasteiger partial charge is 0.226 e. The van der Waals surface area contributed by atoms with Crippen LogP contribution in [0.2, 0.25) is 0 Å². The molecule has 124 valence electrons. The third-order valence-corrected chi connectivity index (χ3v) is 4.52. The van der Waals surface area contributed by atoms with Gasteiger partial charge in [0, 0.05) is 24.0 Å². The number of ether oxygens (including phenoxy) is 1.